The van der Waals surface area contributed by atoms with Crippen LogP contribution >= 0.6 is 0 Å². The first-order valence-electron chi connectivity index (χ1n) is 6.40. The number of aliphatic hydroxyl groups excluding tert-OH is 2. The maximum absolute atomic E-state index is 14.8. The number of nitrogens with zero attached hydrogens (tertiary/aromatic N) is 2. The van der Waals surface area contributed by atoms with E-state index >= 15 is 0 Å². The standard InChI is InChI=1S/C12H14F2N4O4/c1-11(13)9(21)12(14,3-19)22-10(11)18-4-16-7-5(18)2-6(15)17-8(7)20/h2,4,9-10,19,21H,3H2,1H3,(H3,15,17,20)/t9-,10+,11+,12+/m0/s1. The molecule has 8 nitrogen and oxygen atoms in total. The lowest BCUT2D eigenvalue weighted by molar-refractivity contribution is -0.206. The van der Waals surface area contributed by atoms with Crippen LogP contribution in [0.1, 0.15) is 13.2 Å². The highest BCUT2D eigenvalue weighted by Crippen LogP contribution is 2.48. The van der Waals surface area contributed by atoms with Crippen molar-refractivity contribution >= 4 is 16.9 Å². The molecule has 3 rings (SSSR count). The molecule has 1 saturated heterocycles. The number of rotatable bonds is 2. The molecule has 0 saturated carbocycles. The van der Waals surface area contributed by atoms with Crippen molar-refractivity contribution in [1.29, 1.82) is 0 Å². The van der Waals surface area contributed by atoms with E-state index in [0.717, 1.165) is 17.8 Å². The van der Waals surface area contributed by atoms with Crippen molar-refractivity contribution in [3.63, 3.8) is 0 Å². The van der Waals surface area contributed by atoms with Gasteiger partial charge >= 0.3 is 0 Å². The second kappa shape index (κ2) is 4.48. The van der Waals surface area contributed by atoms with E-state index in [9.17, 15) is 18.7 Å². The Labute approximate surface area is 122 Å². The van der Waals surface area contributed by atoms with Crippen molar-refractivity contribution in [2.75, 3.05) is 12.3 Å². The number of hydrogen-bond donors (Lipinski definition) is 4. The van der Waals surface area contributed by atoms with Crippen LogP contribution in [-0.4, -0.2) is 49.0 Å². The number of nitrogens with one attached hydrogen (secondary N) is 1. The van der Waals surface area contributed by atoms with Crippen molar-refractivity contribution in [2.45, 2.75) is 30.8 Å². The minimum Gasteiger partial charge on any atom is -0.390 e. The third-order valence-corrected chi connectivity index (χ3v) is 3.80. The number of hydrogen-bond acceptors (Lipinski definition) is 6. The molecule has 10 heteroatoms. The number of H-pyrrole nitrogens is 1. The van der Waals surface area contributed by atoms with E-state index in [2.05, 4.69) is 9.97 Å². The fourth-order valence-electron chi connectivity index (χ4n) is 2.62. The van der Waals surface area contributed by atoms with Crippen molar-refractivity contribution in [3.8, 4) is 0 Å². The number of pyridine rings is 1. The third kappa shape index (κ3) is 1.84. The van der Waals surface area contributed by atoms with E-state index in [-0.39, 0.29) is 16.9 Å². The third-order valence-electron chi connectivity index (χ3n) is 3.80. The molecule has 1 aliphatic rings. The molecule has 5 N–H and O–H groups in total. The highest BCUT2D eigenvalue weighted by Gasteiger charge is 2.64. The van der Waals surface area contributed by atoms with Crippen LogP contribution in [0.15, 0.2) is 17.2 Å². The Balaban J connectivity index is 2.18. The number of nitrogen functional groups attached to an aromatic ring is 1. The highest BCUT2D eigenvalue weighted by atomic mass is 19.2. The molecule has 2 aromatic rings. The Kier molecular flexibility index (Phi) is 3.03. The molecule has 120 valence electrons. The average Bonchev–Trinajstić information content (AvgIpc) is 2.93. The van der Waals surface area contributed by atoms with Crippen LogP contribution < -0.4 is 11.3 Å². The van der Waals surface area contributed by atoms with Crippen molar-refractivity contribution in [3.05, 3.63) is 22.7 Å². The van der Waals surface area contributed by atoms with Gasteiger partial charge in [-0.25, -0.2) is 13.8 Å². The molecule has 0 aliphatic carbocycles. The fourth-order valence-corrected chi connectivity index (χ4v) is 2.62. The largest absolute Gasteiger partial charge is 0.390 e. The van der Waals surface area contributed by atoms with Gasteiger partial charge in [0.2, 0.25) is 0 Å². The number of nitrogens with two attached hydrogens (primary N) is 1. The zero-order valence-corrected chi connectivity index (χ0v) is 11.5. The zero-order chi connectivity index (χ0) is 16.3. The molecule has 0 spiro atoms. The number of ether oxygens (including phenoxy) is 1. The van der Waals surface area contributed by atoms with E-state index in [1.54, 1.807) is 0 Å². The summed E-state index contributed by atoms with van der Waals surface area (Å²) in [5.74, 6) is -2.95. The van der Waals surface area contributed by atoms with Crippen LogP contribution in [0.25, 0.3) is 11.0 Å². The van der Waals surface area contributed by atoms with Crippen LogP contribution in [0.5, 0.6) is 0 Å². The lowest BCUT2D eigenvalue weighted by Crippen LogP contribution is -2.46. The van der Waals surface area contributed by atoms with Crippen LogP contribution in [0.3, 0.4) is 0 Å². The summed E-state index contributed by atoms with van der Waals surface area (Å²) in [5.41, 5.74) is 2.45. The first kappa shape index (κ1) is 14.9. The number of anilines is 1. The summed E-state index contributed by atoms with van der Waals surface area (Å²) in [7, 11) is 0. The van der Waals surface area contributed by atoms with Crippen LogP contribution in [-0.2, 0) is 4.74 Å². The van der Waals surface area contributed by atoms with Gasteiger partial charge in [-0.2, -0.15) is 0 Å². The predicted octanol–water partition coefficient (Wildman–Crippen LogP) is -0.417. The number of imidazole rings is 1. The van der Waals surface area contributed by atoms with Gasteiger partial charge in [0.1, 0.15) is 12.4 Å². The lowest BCUT2D eigenvalue weighted by Gasteiger charge is -2.24. The van der Waals surface area contributed by atoms with E-state index in [0.29, 0.717) is 0 Å². The molecule has 1 fully saturated rings. The van der Waals surface area contributed by atoms with E-state index in [1.807, 2.05) is 0 Å². The molecule has 0 bridgehead atoms. The Morgan fingerprint density at radius 2 is 2.27 bits per heavy atom. The lowest BCUT2D eigenvalue weighted by atomic mass is 9.97. The van der Waals surface area contributed by atoms with Gasteiger partial charge in [-0.1, -0.05) is 0 Å². The first-order valence-corrected chi connectivity index (χ1v) is 6.40. The summed E-state index contributed by atoms with van der Waals surface area (Å²) in [6.07, 6.45) is -2.77. The van der Waals surface area contributed by atoms with Crippen LogP contribution in [0.4, 0.5) is 14.6 Å². The minimum atomic E-state index is -2.96. The van der Waals surface area contributed by atoms with Gasteiger partial charge in [0.15, 0.2) is 23.5 Å². The van der Waals surface area contributed by atoms with Gasteiger partial charge in [-0.15, -0.1) is 0 Å². The van der Waals surface area contributed by atoms with Gasteiger partial charge in [0.25, 0.3) is 11.4 Å². The monoisotopic (exact) mass is 316 g/mol. The van der Waals surface area contributed by atoms with Crippen molar-refractivity contribution < 1.29 is 23.7 Å². The molecule has 4 atom stereocenters. The normalized spacial score (nSPS) is 35.3. The van der Waals surface area contributed by atoms with Crippen LogP contribution in [0.2, 0.25) is 0 Å². The molecular formula is C12H14F2N4O4. The molecular weight excluding hydrogens is 302 g/mol. The molecule has 0 aromatic carbocycles. The fraction of sp³-hybridized carbons (Fsp3) is 0.500. The SMILES string of the molecule is C[C@]1(F)[C@H](n2cnc3c(=O)[nH]c(N)cc32)O[C@](F)(CO)[C@H]1O. The van der Waals surface area contributed by atoms with E-state index in [4.69, 9.17) is 15.6 Å². The highest BCUT2D eigenvalue weighted by molar-refractivity contribution is 5.76. The summed E-state index contributed by atoms with van der Waals surface area (Å²) < 4.78 is 34.9. The molecule has 3 heterocycles. The smallest absolute Gasteiger partial charge is 0.277 e. The molecule has 0 unspecified atom stereocenters. The van der Waals surface area contributed by atoms with Crippen LogP contribution in [0, 0.1) is 0 Å². The number of alkyl halides is 2. The van der Waals surface area contributed by atoms with Gasteiger partial charge in [-0.05, 0) is 6.92 Å². The first-order chi connectivity index (χ1) is 10.2. The van der Waals surface area contributed by atoms with E-state index in [1.165, 1.54) is 6.07 Å². The molecule has 0 radical (unpaired) electrons. The Morgan fingerprint density at radius 3 is 2.86 bits per heavy atom. The van der Waals surface area contributed by atoms with Crippen molar-refractivity contribution in [2.24, 2.45) is 0 Å². The summed E-state index contributed by atoms with van der Waals surface area (Å²) in [6.45, 7) is -0.290. The molecule has 0 amide bonds. The molecule has 22 heavy (non-hydrogen) atoms. The summed E-state index contributed by atoms with van der Waals surface area (Å²) in [4.78, 5) is 17.9. The maximum Gasteiger partial charge on any atom is 0.277 e. The second-order valence-corrected chi connectivity index (χ2v) is 5.41. The van der Waals surface area contributed by atoms with E-state index < -0.39 is 36.0 Å². The Hall–Kier alpha value is -2.04. The number of halogens is 2. The Morgan fingerprint density at radius 1 is 1.59 bits per heavy atom. The quantitative estimate of drug-likeness (QED) is 0.596. The zero-order valence-electron chi connectivity index (χ0n) is 11.5. The van der Waals surface area contributed by atoms with Crippen molar-refractivity contribution in [1.82, 2.24) is 14.5 Å². The Bertz CT molecular complexity index is 789. The average molecular weight is 316 g/mol. The van der Waals surface area contributed by atoms with Gasteiger partial charge in [0, 0.05) is 6.07 Å². The van der Waals surface area contributed by atoms with Gasteiger partial charge in [0.05, 0.1) is 11.8 Å². The summed E-state index contributed by atoms with van der Waals surface area (Å²) in [6, 6.07) is 1.31. The maximum atomic E-state index is 14.8. The van der Waals surface area contributed by atoms with Gasteiger partial charge < -0.3 is 30.2 Å². The number of aromatic nitrogens is 3. The number of fused-ring (bicyclic) bond motifs is 1. The molecule has 1 aliphatic heterocycles. The van der Waals surface area contributed by atoms with Gasteiger partial charge in [-0.3, -0.25) is 4.79 Å². The topological polar surface area (TPSA) is 126 Å². The number of aromatic amines is 1. The summed E-state index contributed by atoms with van der Waals surface area (Å²) >= 11 is 0. The molecule has 2 aromatic heterocycles. The predicted molar refractivity (Wildman–Crippen MR) is 71.3 cm³/mol. The number of aliphatic hydroxyl groups is 2. The second-order valence-electron chi connectivity index (χ2n) is 5.41. The summed E-state index contributed by atoms with van der Waals surface area (Å²) in [5, 5.41) is 18.8. The minimum absolute atomic E-state index is 0.00651.